The van der Waals surface area contributed by atoms with Crippen molar-refractivity contribution in [3.8, 4) is 0 Å². The summed E-state index contributed by atoms with van der Waals surface area (Å²) in [6.45, 7) is 8.95. The molecule has 0 aliphatic heterocycles. The second-order valence-electron chi connectivity index (χ2n) is 4.43. The molecule has 0 saturated heterocycles. The van der Waals surface area contributed by atoms with Crippen LogP contribution in [0.5, 0.6) is 0 Å². The number of nitrogens with zero attached hydrogens (tertiary/aromatic N) is 1. The van der Waals surface area contributed by atoms with Crippen LogP contribution in [-0.2, 0) is 0 Å². The molecule has 1 heterocycles. The van der Waals surface area contributed by atoms with Crippen LogP contribution >= 0.6 is 0 Å². The van der Waals surface area contributed by atoms with Crippen LogP contribution in [0.25, 0.3) is 0 Å². The molecule has 1 aromatic heterocycles. The summed E-state index contributed by atoms with van der Waals surface area (Å²) in [6.07, 6.45) is 4.92. The lowest BCUT2D eigenvalue weighted by Crippen LogP contribution is -2.35. The van der Waals surface area contributed by atoms with Crippen molar-refractivity contribution < 1.29 is 0 Å². The fraction of sp³-hybridized carbons (Fsp3) is 0.615. The van der Waals surface area contributed by atoms with E-state index in [4.69, 9.17) is 0 Å². The second kappa shape index (κ2) is 5.86. The third-order valence-corrected chi connectivity index (χ3v) is 2.89. The number of aromatic nitrogens is 1. The Balaban J connectivity index is 2.58. The van der Waals surface area contributed by atoms with Crippen molar-refractivity contribution in [3.05, 3.63) is 30.1 Å². The SMILES string of the molecule is CCC(NC(C)c1cccnc1)C(C)C. The zero-order chi connectivity index (χ0) is 11.3. The maximum atomic E-state index is 4.14. The summed E-state index contributed by atoms with van der Waals surface area (Å²) in [7, 11) is 0. The van der Waals surface area contributed by atoms with Gasteiger partial charge in [0.1, 0.15) is 0 Å². The lowest BCUT2D eigenvalue weighted by Gasteiger charge is -2.25. The van der Waals surface area contributed by atoms with Gasteiger partial charge < -0.3 is 5.32 Å². The lowest BCUT2D eigenvalue weighted by molar-refractivity contribution is 0.355. The Morgan fingerprint density at radius 2 is 2.07 bits per heavy atom. The van der Waals surface area contributed by atoms with E-state index in [9.17, 15) is 0 Å². The van der Waals surface area contributed by atoms with Crippen molar-refractivity contribution in [1.29, 1.82) is 0 Å². The highest BCUT2D eigenvalue weighted by Gasteiger charge is 2.14. The Morgan fingerprint density at radius 3 is 2.53 bits per heavy atom. The molecule has 0 amide bonds. The summed E-state index contributed by atoms with van der Waals surface area (Å²) in [4.78, 5) is 4.14. The molecule has 0 fully saturated rings. The van der Waals surface area contributed by atoms with Gasteiger partial charge in [-0.1, -0.05) is 26.8 Å². The van der Waals surface area contributed by atoms with Gasteiger partial charge in [0.25, 0.3) is 0 Å². The van der Waals surface area contributed by atoms with Gasteiger partial charge >= 0.3 is 0 Å². The summed E-state index contributed by atoms with van der Waals surface area (Å²) in [5, 5.41) is 3.64. The monoisotopic (exact) mass is 206 g/mol. The molecule has 0 radical (unpaired) electrons. The van der Waals surface area contributed by atoms with E-state index in [0.29, 0.717) is 18.0 Å². The van der Waals surface area contributed by atoms with Crippen LogP contribution in [0.1, 0.15) is 45.7 Å². The number of pyridine rings is 1. The van der Waals surface area contributed by atoms with E-state index >= 15 is 0 Å². The maximum absolute atomic E-state index is 4.14. The van der Waals surface area contributed by atoms with Gasteiger partial charge in [0.05, 0.1) is 0 Å². The molecule has 2 nitrogen and oxygen atoms in total. The second-order valence-corrected chi connectivity index (χ2v) is 4.43. The minimum Gasteiger partial charge on any atom is -0.307 e. The summed E-state index contributed by atoms with van der Waals surface area (Å²) in [5.74, 6) is 0.675. The first kappa shape index (κ1) is 12.2. The predicted octanol–water partition coefficient (Wildman–Crippen LogP) is 3.17. The standard InChI is InChI=1S/C13H22N2/c1-5-13(10(2)3)15-11(4)12-7-6-8-14-9-12/h6-11,13,15H,5H2,1-4H3. The van der Waals surface area contributed by atoms with Crippen LogP contribution in [0.4, 0.5) is 0 Å². The molecule has 0 spiro atoms. The average Bonchev–Trinajstić information content (AvgIpc) is 2.26. The van der Waals surface area contributed by atoms with Crippen LogP contribution < -0.4 is 5.32 Å². The third-order valence-electron chi connectivity index (χ3n) is 2.89. The van der Waals surface area contributed by atoms with E-state index < -0.39 is 0 Å². The molecule has 1 aromatic rings. The molecular formula is C13H22N2. The molecule has 1 N–H and O–H groups in total. The summed E-state index contributed by atoms with van der Waals surface area (Å²) in [5.41, 5.74) is 1.26. The van der Waals surface area contributed by atoms with Crippen LogP contribution in [0.15, 0.2) is 24.5 Å². The Bertz CT molecular complexity index is 269. The van der Waals surface area contributed by atoms with E-state index in [1.165, 1.54) is 12.0 Å². The van der Waals surface area contributed by atoms with Gasteiger partial charge in [-0.05, 0) is 30.9 Å². The van der Waals surface area contributed by atoms with Gasteiger partial charge in [-0.25, -0.2) is 0 Å². The molecule has 0 bridgehead atoms. The minimum atomic E-state index is 0.381. The molecule has 2 heteroatoms. The normalized spacial score (nSPS) is 15.3. The zero-order valence-electron chi connectivity index (χ0n) is 10.2. The number of nitrogens with one attached hydrogen (secondary N) is 1. The first-order valence-electron chi connectivity index (χ1n) is 5.81. The van der Waals surface area contributed by atoms with Crippen molar-refractivity contribution in [2.75, 3.05) is 0 Å². The molecule has 1 rings (SSSR count). The van der Waals surface area contributed by atoms with Gasteiger partial charge in [-0.3, -0.25) is 4.98 Å². The zero-order valence-corrected chi connectivity index (χ0v) is 10.2. The minimum absolute atomic E-state index is 0.381. The topological polar surface area (TPSA) is 24.9 Å². The molecule has 2 atom stereocenters. The first-order chi connectivity index (χ1) is 7.15. The fourth-order valence-corrected chi connectivity index (χ4v) is 1.83. The largest absolute Gasteiger partial charge is 0.307 e. The Morgan fingerprint density at radius 1 is 1.33 bits per heavy atom. The van der Waals surface area contributed by atoms with Gasteiger partial charge in [0, 0.05) is 24.5 Å². The van der Waals surface area contributed by atoms with E-state index in [-0.39, 0.29) is 0 Å². The van der Waals surface area contributed by atoms with Gasteiger partial charge in [0.2, 0.25) is 0 Å². The molecule has 0 aliphatic rings. The van der Waals surface area contributed by atoms with E-state index in [1.807, 2.05) is 18.5 Å². The van der Waals surface area contributed by atoms with E-state index in [1.54, 1.807) is 0 Å². The maximum Gasteiger partial charge on any atom is 0.0315 e. The smallest absolute Gasteiger partial charge is 0.0315 e. The highest BCUT2D eigenvalue weighted by Crippen LogP contribution is 2.15. The number of hydrogen-bond donors (Lipinski definition) is 1. The number of hydrogen-bond acceptors (Lipinski definition) is 2. The third kappa shape index (κ3) is 3.63. The van der Waals surface area contributed by atoms with E-state index in [0.717, 1.165) is 0 Å². The molecule has 2 unspecified atom stereocenters. The van der Waals surface area contributed by atoms with Crippen molar-refractivity contribution >= 4 is 0 Å². The van der Waals surface area contributed by atoms with Crippen LogP contribution in [0.3, 0.4) is 0 Å². The quantitative estimate of drug-likeness (QED) is 0.800. The summed E-state index contributed by atoms with van der Waals surface area (Å²) in [6, 6.07) is 5.08. The van der Waals surface area contributed by atoms with Crippen molar-refractivity contribution in [2.45, 2.75) is 46.2 Å². The Labute approximate surface area is 93.1 Å². The van der Waals surface area contributed by atoms with Crippen molar-refractivity contribution in [1.82, 2.24) is 10.3 Å². The van der Waals surface area contributed by atoms with Gasteiger partial charge in [0.15, 0.2) is 0 Å². The van der Waals surface area contributed by atoms with Crippen molar-refractivity contribution in [2.24, 2.45) is 5.92 Å². The Kier molecular flexibility index (Phi) is 4.76. The lowest BCUT2D eigenvalue weighted by atomic mass is 9.99. The highest BCUT2D eigenvalue weighted by molar-refractivity contribution is 5.12. The summed E-state index contributed by atoms with van der Waals surface area (Å²) >= 11 is 0. The summed E-state index contributed by atoms with van der Waals surface area (Å²) < 4.78 is 0. The fourth-order valence-electron chi connectivity index (χ4n) is 1.83. The molecule has 15 heavy (non-hydrogen) atoms. The van der Waals surface area contributed by atoms with Crippen molar-refractivity contribution in [3.63, 3.8) is 0 Å². The van der Waals surface area contributed by atoms with Crippen LogP contribution in [-0.4, -0.2) is 11.0 Å². The van der Waals surface area contributed by atoms with Gasteiger partial charge in [-0.2, -0.15) is 0 Å². The van der Waals surface area contributed by atoms with Crippen LogP contribution in [0, 0.1) is 5.92 Å². The van der Waals surface area contributed by atoms with Gasteiger partial charge in [-0.15, -0.1) is 0 Å². The Hall–Kier alpha value is -0.890. The molecular weight excluding hydrogens is 184 g/mol. The molecule has 0 aromatic carbocycles. The predicted molar refractivity (Wildman–Crippen MR) is 64.7 cm³/mol. The average molecular weight is 206 g/mol. The molecule has 84 valence electrons. The number of rotatable bonds is 5. The molecule has 0 aliphatic carbocycles. The van der Waals surface area contributed by atoms with E-state index in [2.05, 4.69) is 44.1 Å². The first-order valence-corrected chi connectivity index (χ1v) is 5.81. The molecule has 0 saturated carbocycles. The van der Waals surface area contributed by atoms with Crippen LogP contribution in [0.2, 0.25) is 0 Å². The highest BCUT2D eigenvalue weighted by atomic mass is 14.9.